The summed E-state index contributed by atoms with van der Waals surface area (Å²) in [6.07, 6.45) is 1.71. The van der Waals surface area contributed by atoms with Gasteiger partial charge in [-0.15, -0.1) is 0 Å². The Labute approximate surface area is 234 Å². The van der Waals surface area contributed by atoms with Gasteiger partial charge < -0.3 is 10.2 Å². The van der Waals surface area contributed by atoms with Crippen LogP contribution < -0.4 is 9.62 Å². The Morgan fingerprint density at radius 3 is 2.18 bits per heavy atom. The SMILES string of the molecule is CCCCNC(=O)[C@H](C)N(Cc1ccccc1Cl)C(=O)CN(c1ccc(Cl)cc1)S(=O)(=O)c1ccccc1. The lowest BCUT2D eigenvalue weighted by atomic mass is 10.1. The first-order valence-electron chi connectivity index (χ1n) is 12.3. The van der Waals surface area contributed by atoms with E-state index < -0.39 is 28.5 Å². The summed E-state index contributed by atoms with van der Waals surface area (Å²) in [4.78, 5) is 28.2. The van der Waals surface area contributed by atoms with Crippen molar-refractivity contribution in [3.8, 4) is 0 Å². The molecular weight excluding hydrogens is 545 g/mol. The number of halogens is 2. The minimum atomic E-state index is -4.12. The standard InChI is InChI=1S/C28H31Cl2N3O4S/c1-3-4-18-31-28(35)21(2)32(19-22-10-8-9-13-26(22)30)27(34)20-33(24-16-14-23(29)15-17-24)38(36,37)25-11-6-5-7-12-25/h5-17,21H,3-4,18-20H2,1-2H3,(H,31,35)/t21-/m0/s1. The number of hydrogen-bond acceptors (Lipinski definition) is 4. The Kier molecular flexibility index (Phi) is 10.6. The molecule has 0 aliphatic carbocycles. The molecule has 1 atom stereocenters. The predicted molar refractivity (Wildman–Crippen MR) is 152 cm³/mol. The van der Waals surface area contributed by atoms with Crippen molar-refractivity contribution in [2.45, 2.75) is 44.2 Å². The number of rotatable bonds is 12. The van der Waals surface area contributed by atoms with Crippen molar-refractivity contribution in [3.63, 3.8) is 0 Å². The van der Waals surface area contributed by atoms with Crippen molar-refractivity contribution >= 4 is 50.7 Å². The van der Waals surface area contributed by atoms with Gasteiger partial charge in [-0.05, 0) is 61.4 Å². The number of amides is 2. The number of nitrogens with one attached hydrogen (secondary N) is 1. The maximum atomic E-state index is 13.8. The molecule has 1 N–H and O–H groups in total. The molecule has 0 heterocycles. The molecule has 0 saturated carbocycles. The molecule has 0 aliphatic rings. The van der Waals surface area contributed by atoms with Gasteiger partial charge in [0.25, 0.3) is 10.0 Å². The number of nitrogens with zero attached hydrogens (tertiary/aromatic N) is 2. The molecule has 0 spiro atoms. The van der Waals surface area contributed by atoms with Crippen LogP contribution in [0.25, 0.3) is 0 Å². The topological polar surface area (TPSA) is 86.8 Å². The quantitative estimate of drug-likeness (QED) is 0.288. The molecule has 0 bridgehead atoms. The Hall–Kier alpha value is -3.07. The zero-order valence-corrected chi connectivity index (χ0v) is 23.6. The largest absolute Gasteiger partial charge is 0.354 e. The second-order valence-corrected chi connectivity index (χ2v) is 11.4. The third-order valence-electron chi connectivity index (χ3n) is 6.02. The minimum Gasteiger partial charge on any atom is -0.354 e. The minimum absolute atomic E-state index is 0.0285. The van der Waals surface area contributed by atoms with Gasteiger partial charge in [0, 0.05) is 23.1 Å². The number of hydrogen-bond donors (Lipinski definition) is 1. The summed E-state index contributed by atoms with van der Waals surface area (Å²) >= 11 is 12.4. The van der Waals surface area contributed by atoms with Crippen molar-refractivity contribution in [3.05, 3.63) is 94.5 Å². The molecule has 0 saturated heterocycles. The van der Waals surface area contributed by atoms with Crippen LogP contribution in [0.1, 0.15) is 32.3 Å². The highest BCUT2D eigenvalue weighted by molar-refractivity contribution is 7.92. The van der Waals surface area contributed by atoms with Crippen LogP contribution in [0.2, 0.25) is 10.0 Å². The molecule has 3 rings (SSSR count). The van der Waals surface area contributed by atoms with E-state index in [2.05, 4.69) is 5.32 Å². The van der Waals surface area contributed by atoms with E-state index in [1.807, 2.05) is 6.92 Å². The van der Waals surface area contributed by atoms with E-state index in [0.717, 1.165) is 17.1 Å². The molecule has 7 nitrogen and oxygen atoms in total. The number of benzene rings is 3. The lowest BCUT2D eigenvalue weighted by molar-refractivity contribution is -0.139. The summed E-state index contributed by atoms with van der Waals surface area (Å²) in [5.74, 6) is -0.889. The second kappa shape index (κ2) is 13.6. The lowest BCUT2D eigenvalue weighted by Gasteiger charge is -2.32. The monoisotopic (exact) mass is 575 g/mol. The molecule has 10 heteroatoms. The van der Waals surface area contributed by atoms with Crippen LogP contribution in [0.4, 0.5) is 5.69 Å². The van der Waals surface area contributed by atoms with Gasteiger partial charge in [-0.25, -0.2) is 8.42 Å². The molecule has 0 radical (unpaired) electrons. The van der Waals surface area contributed by atoms with Gasteiger partial charge in [-0.1, -0.05) is 72.9 Å². The highest BCUT2D eigenvalue weighted by Crippen LogP contribution is 2.26. The van der Waals surface area contributed by atoms with Crippen LogP contribution in [0.5, 0.6) is 0 Å². The van der Waals surface area contributed by atoms with Gasteiger partial charge in [0.05, 0.1) is 10.6 Å². The van der Waals surface area contributed by atoms with Gasteiger partial charge in [0.2, 0.25) is 11.8 Å². The van der Waals surface area contributed by atoms with E-state index in [9.17, 15) is 18.0 Å². The van der Waals surface area contributed by atoms with Gasteiger partial charge in [0.15, 0.2) is 0 Å². The molecule has 0 fully saturated rings. The summed E-state index contributed by atoms with van der Waals surface area (Å²) in [5, 5.41) is 3.72. The molecule has 202 valence electrons. The van der Waals surface area contributed by atoms with Crippen molar-refractivity contribution in [2.75, 3.05) is 17.4 Å². The van der Waals surface area contributed by atoms with Crippen molar-refractivity contribution in [1.29, 1.82) is 0 Å². The molecule has 0 unspecified atom stereocenters. The van der Waals surface area contributed by atoms with Crippen LogP contribution in [0.3, 0.4) is 0 Å². The smallest absolute Gasteiger partial charge is 0.264 e. The number of sulfonamides is 1. The predicted octanol–water partition coefficient (Wildman–Crippen LogP) is 5.52. The van der Waals surface area contributed by atoms with Crippen LogP contribution in [0, 0.1) is 0 Å². The molecule has 2 amide bonds. The van der Waals surface area contributed by atoms with Gasteiger partial charge >= 0.3 is 0 Å². The first-order valence-corrected chi connectivity index (χ1v) is 14.5. The highest BCUT2D eigenvalue weighted by atomic mass is 35.5. The van der Waals surface area contributed by atoms with E-state index in [4.69, 9.17) is 23.2 Å². The lowest BCUT2D eigenvalue weighted by Crippen LogP contribution is -2.51. The number of carbonyl (C=O) groups is 2. The van der Waals surface area contributed by atoms with Gasteiger partial charge in [0.1, 0.15) is 12.6 Å². The molecule has 38 heavy (non-hydrogen) atoms. The zero-order valence-electron chi connectivity index (χ0n) is 21.3. The molecule has 3 aromatic rings. The van der Waals surface area contributed by atoms with Crippen molar-refractivity contribution in [1.82, 2.24) is 10.2 Å². The van der Waals surface area contributed by atoms with Crippen molar-refractivity contribution < 1.29 is 18.0 Å². The summed E-state index contributed by atoms with van der Waals surface area (Å²) in [7, 11) is -4.12. The van der Waals surface area contributed by atoms with Crippen LogP contribution in [0.15, 0.2) is 83.8 Å². The summed E-state index contributed by atoms with van der Waals surface area (Å²) < 4.78 is 28.4. The van der Waals surface area contributed by atoms with Crippen LogP contribution in [-0.4, -0.2) is 44.3 Å². The van der Waals surface area contributed by atoms with Crippen LogP contribution in [-0.2, 0) is 26.2 Å². The number of anilines is 1. The summed E-state index contributed by atoms with van der Waals surface area (Å²) in [5.41, 5.74) is 0.907. The van der Waals surface area contributed by atoms with E-state index in [1.54, 1.807) is 61.5 Å². The van der Waals surface area contributed by atoms with E-state index >= 15 is 0 Å². The fraction of sp³-hybridized carbons (Fsp3) is 0.286. The van der Waals surface area contributed by atoms with E-state index in [-0.39, 0.29) is 23.0 Å². The molecule has 0 aromatic heterocycles. The summed E-state index contributed by atoms with van der Waals surface area (Å²) in [6.45, 7) is 3.61. The Morgan fingerprint density at radius 2 is 1.55 bits per heavy atom. The third-order valence-corrected chi connectivity index (χ3v) is 8.43. The van der Waals surface area contributed by atoms with Gasteiger partial charge in [-0.3, -0.25) is 13.9 Å². The molecule has 0 aliphatic heterocycles. The average Bonchev–Trinajstić information content (AvgIpc) is 2.92. The number of carbonyl (C=O) groups excluding carboxylic acids is 2. The third kappa shape index (κ3) is 7.49. The van der Waals surface area contributed by atoms with Crippen molar-refractivity contribution in [2.24, 2.45) is 0 Å². The molecular formula is C28H31Cl2N3O4S. The highest BCUT2D eigenvalue weighted by Gasteiger charge is 2.32. The second-order valence-electron chi connectivity index (χ2n) is 8.73. The van der Waals surface area contributed by atoms with Gasteiger partial charge in [-0.2, -0.15) is 0 Å². The Bertz CT molecular complexity index is 1340. The maximum Gasteiger partial charge on any atom is 0.264 e. The Balaban J connectivity index is 1.99. The van der Waals surface area contributed by atoms with Crippen LogP contribution >= 0.6 is 23.2 Å². The fourth-order valence-corrected chi connectivity index (χ4v) is 5.54. The first-order chi connectivity index (χ1) is 18.1. The Morgan fingerprint density at radius 1 is 0.921 bits per heavy atom. The number of unbranched alkanes of at least 4 members (excludes halogenated alkanes) is 1. The zero-order chi connectivity index (χ0) is 27.7. The average molecular weight is 577 g/mol. The molecule has 3 aromatic carbocycles. The van der Waals surface area contributed by atoms with E-state index in [0.29, 0.717) is 22.2 Å². The first kappa shape index (κ1) is 29.5. The fourth-order valence-electron chi connectivity index (χ4n) is 3.78. The maximum absolute atomic E-state index is 13.8. The summed E-state index contributed by atoms with van der Waals surface area (Å²) in [6, 6.07) is 20.2. The normalized spacial score (nSPS) is 12.0. The van der Waals surface area contributed by atoms with E-state index in [1.165, 1.54) is 29.2 Å².